The third kappa shape index (κ3) is 5.30. The average molecular weight is 346 g/mol. The maximum atomic E-state index is 12.8. The van der Waals surface area contributed by atoms with Gasteiger partial charge in [0.1, 0.15) is 0 Å². The lowest BCUT2D eigenvalue weighted by molar-refractivity contribution is -0.138. The molecular formula is C20H30N2O3. The van der Waals surface area contributed by atoms with Gasteiger partial charge in [-0.25, -0.2) is 0 Å². The van der Waals surface area contributed by atoms with Gasteiger partial charge in [0, 0.05) is 32.5 Å². The van der Waals surface area contributed by atoms with Gasteiger partial charge in [0.2, 0.25) is 11.8 Å². The summed E-state index contributed by atoms with van der Waals surface area (Å²) in [5.41, 5.74) is 2.23. The Labute approximate surface area is 150 Å². The van der Waals surface area contributed by atoms with Crippen molar-refractivity contribution in [1.29, 1.82) is 0 Å². The minimum absolute atomic E-state index is 0.00234. The van der Waals surface area contributed by atoms with Crippen molar-refractivity contribution in [2.24, 2.45) is 0 Å². The van der Waals surface area contributed by atoms with Crippen LogP contribution in [0.3, 0.4) is 0 Å². The molecule has 1 atom stereocenters. The summed E-state index contributed by atoms with van der Waals surface area (Å²) in [6, 6.07) is 7.82. The number of rotatable bonds is 8. The van der Waals surface area contributed by atoms with Crippen molar-refractivity contribution in [3.63, 3.8) is 0 Å². The zero-order valence-electron chi connectivity index (χ0n) is 15.4. The number of benzene rings is 1. The summed E-state index contributed by atoms with van der Waals surface area (Å²) in [5.74, 6) is 0.154. The molecule has 0 aliphatic carbocycles. The first-order chi connectivity index (χ1) is 12.1. The molecule has 25 heavy (non-hydrogen) atoms. The third-order valence-corrected chi connectivity index (χ3v) is 5.06. The molecular weight excluding hydrogens is 316 g/mol. The molecule has 1 saturated heterocycles. The Bertz CT molecular complexity index is 584. The number of nitrogens with zero attached hydrogens (tertiary/aromatic N) is 2. The molecule has 1 heterocycles. The highest BCUT2D eigenvalue weighted by molar-refractivity contribution is 5.79. The minimum atomic E-state index is -0.191. The summed E-state index contributed by atoms with van der Waals surface area (Å²) in [4.78, 5) is 28.3. The summed E-state index contributed by atoms with van der Waals surface area (Å²) in [5, 5.41) is 9.69. The Morgan fingerprint density at radius 3 is 2.72 bits per heavy atom. The molecule has 0 radical (unpaired) electrons. The zero-order chi connectivity index (χ0) is 18.2. The molecule has 0 bridgehead atoms. The third-order valence-electron chi connectivity index (χ3n) is 5.06. The van der Waals surface area contributed by atoms with Crippen LogP contribution in [0.5, 0.6) is 0 Å². The predicted octanol–water partition coefficient (Wildman–Crippen LogP) is 2.50. The maximum absolute atomic E-state index is 12.8. The summed E-state index contributed by atoms with van der Waals surface area (Å²) in [7, 11) is 0. The number of carbonyl (C=O) groups is 2. The second-order valence-corrected chi connectivity index (χ2v) is 6.78. The molecule has 138 valence electrons. The minimum Gasteiger partial charge on any atom is -0.394 e. The second-order valence-electron chi connectivity index (χ2n) is 6.78. The van der Waals surface area contributed by atoms with E-state index in [0.717, 1.165) is 30.5 Å². The molecule has 5 heteroatoms. The van der Waals surface area contributed by atoms with E-state index in [-0.39, 0.29) is 24.5 Å². The molecule has 0 spiro atoms. The van der Waals surface area contributed by atoms with Crippen molar-refractivity contribution in [3.8, 4) is 0 Å². The van der Waals surface area contributed by atoms with Crippen LogP contribution in [0.4, 0.5) is 0 Å². The lowest BCUT2D eigenvalue weighted by Crippen LogP contribution is -2.44. The molecule has 0 saturated carbocycles. The van der Waals surface area contributed by atoms with Crippen molar-refractivity contribution < 1.29 is 14.7 Å². The fourth-order valence-corrected chi connectivity index (χ4v) is 3.31. The summed E-state index contributed by atoms with van der Waals surface area (Å²) in [6.07, 6.45) is 3.58. The van der Waals surface area contributed by atoms with Crippen molar-refractivity contribution in [1.82, 2.24) is 9.80 Å². The van der Waals surface area contributed by atoms with E-state index in [4.69, 9.17) is 0 Å². The van der Waals surface area contributed by atoms with Crippen molar-refractivity contribution in [3.05, 3.63) is 35.4 Å². The van der Waals surface area contributed by atoms with Crippen LogP contribution in [-0.4, -0.2) is 52.5 Å². The Morgan fingerprint density at radius 2 is 2.08 bits per heavy atom. The number of hydrogen-bond acceptors (Lipinski definition) is 3. The summed E-state index contributed by atoms with van der Waals surface area (Å²) >= 11 is 0. The molecule has 0 unspecified atom stereocenters. The molecule has 1 aliphatic rings. The van der Waals surface area contributed by atoms with Crippen LogP contribution in [0.2, 0.25) is 0 Å². The molecule has 1 aromatic rings. The maximum Gasteiger partial charge on any atom is 0.224 e. The number of aliphatic hydroxyl groups excluding tert-OH is 1. The van der Waals surface area contributed by atoms with Crippen LogP contribution in [0.15, 0.2) is 24.3 Å². The van der Waals surface area contributed by atoms with E-state index in [1.807, 2.05) is 38.1 Å². The van der Waals surface area contributed by atoms with E-state index in [9.17, 15) is 14.7 Å². The highest BCUT2D eigenvalue weighted by atomic mass is 16.3. The highest BCUT2D eigenvalue weighted by Gasteiger charge is 2.24. The molecule has 1 fully saturated rings. The fraction of sp³-hybridized carbons (Fsp3) is 0.600. The van der Waals surface area contributed by atoms with Crippen molar-refractivity contribution >= 4 is 11.8 Å². The van der Waals surface area contributed by atoms with Gasteiger partial charge in [0.25, 0.3) is 0 Å². The van der Waals surface area contributed by atoms with Crippen LogP contribution < -0.4 is 0 Å². The topological polar surface area (TPSA) is 60.9 Å². The van der Waals surface area contributed by atoms with Crippen LogP contribution in [0, 0.1) is 6.92 Å². The van der Waals surface area contributed by atoms with Crippen molar-refractivity contribution in [2.75, 3.05) is 19.7 Å². The Balaban J connectivity index is 2.04. The average Bonchev–Trinajstić information content (AvgIpc) is 2.62. The zero-order valence-corrected chi connectivity index (χ0v) is 15.4. The quantitative estimate of drug-likeness (QED) is 0.787. The van der Waals surface area contributed by atoms with Gasteiger partial charge in [-0.1, -0.05) is 31.2 Å². The van der Waals surface area contributed by atoms with Gasteiger partial charge in [-0.15, -0.1) is 0 Å². The van der Waals surface area contributed by atoms with E-state index in [2.05, 4.69) is 0 Å². The second kappa shape index (κ2) is 9.56. The normalized spacial score (nSPS) is 16.0. The molecule has 5 nitrogen and oxygen atoms in total. The number of carbonyl (C=O) groups excluding carboxylic acids is 2. The Hall–Kier alpha value is -1.88. The number of amides is 2. The van der Waals surface area contributed by atoms with Gasteiger partial charge in [0.05, 0.1) is 12.6 Å². The van der Waals surface area contributed by atoms with Crippen LogP contribution in [0.1, 0.15) is 50.2 Å². The fourth-order valence-electron chi connectivity index (χ4n) is 3.31. The molecule has 1 N–H and O–H groups in total. The van der Waals surface area contributed by atoms with Gasteiger partial charge >= 0.3 is 0 Å². The molecule has 1 aromatic carbocycles. The first-order valence-corrected chi connectivity index (χ1v) is 9.29. The van der Waals surface area contributed by atoms with E-state index < -0.39 is 0 Å². The number of likely N-dealkylation sites (tertiary alicyclic amines) is 1. The SMILES string of the molecule is CC[C@H](CO)N(Cc1ccccc1C)C(=O)CCN1CCCCC1=O. The van der Waals surface area contributed by atoms with Crippen LogP contribution in [0.25, 0.3) is 0 Å². The molecule has 2 amide bonds. The van der Waals surface area contributed by atoms with Gasteiger partial charge in [0.15, 0.2) is 0 Å². The van der Waals surface area contributed by atoms with Gasteiger partial charge in [-0.3, -0.25) is 9.59 Å². The van der Waals surface area contributed by atoms with E-state index in [1.165, 1.54) is 0 Å². The van der Waals surface area contributed by atoms with E-state index >= 15 is 0 Å². The van der Waals surface area contributed by atoms with Gasteiger partial charge < -0.3 is 14.9 Å². The van der Waals surface area contributed by atoms with Gasteiger partial charge in [-0.05, 0) is 37.3 Å². The highest BCUT2D eigenvalue weighted by Crippen LogP contribution is 2.17. The number of aliphatic hydroxyl groups is 1. The number of hydrogen-bond donors (Lipinski definition) is 1. The first-order valence-electron chi connectivity index (χ1n) is 9.29. The lowest BCUT2D eigenvalue weighted by Gasteiger charge is -2.32. The Morgan fingerprint density at radius 1 is 1.32 bits per heavy atom. The molecule has 0 aromatic heterocycles. The van der Waals surface area contributed by atoms with E-state index in [1.54, 1.807) is 9.80 Å². The standard InChI is InChI=1S/C20H30N2O3/c1-3-18(15-23)22(14-17-9-5-4-8-16(17)2)20(25)11-13-21-12-7-6-10-19(21)24/h4-5,8-9,18,23H,3,6-7,10-15H2,1-2H3/t18-/m1/s1. The van der Waals surface area contributed by atoms with Crippen molar-refractivity contribution in [2.45, 2.75) is 58.5 Å². The van der Waals surface area contributed by atoms with Crippen LogP contribution in [-0.2, 0) is 16.1 Å². The monoisotopic (exact) mass is 346 g/mol. The molecule has 1 aliphatic heterocycles. The van der Waals surface area contributed by atoms with Crippen LogP contribution >= 0.6 is 0 Å². The number of piperidine rings is 1. The Kier molecular flexibility index (Phi) is 7.44. The largest absolute Gasteiger partial charge is 0.394 e. The smallest absolute Gasteiger partial charge is 0.224 e. The lowest BCUT2D eigenvalue weighted by atomic mass is 10.1. The molecule has 2 rings (SSSR count). The number of aryl methyl sites for hydroxylation is 1. The van der Waals surface area contributed by atoms with Gasteiger partial charge in [-0.2, -0.15) is 0 Å². The summed E-state index contributed by atoms with van der Waals surface area (Å²) in [6.45, 7) is 5.69. The predicted molar refractivity (Wildman–Crippen MR) is 97.9 cm³/mol. The summed E-state index contributed by atoms with van der Waals surface area (Å²) < 4.78 is 0. The van der Waals surface area contributed by atoms with E-state index in [0.29, 0.717) is 32.4 Å². The first kappa shape index (κ1) is 19.4.